The molecule has 0 unspecified atom stereocenters. The Labute approximate surface area is 190 Å². The molecular formula is C22H18ClF4N3O3. The fourth-order valence-corrected chi connectivity index (χ4v) is 3.51. The molecule has 3 aromatic rings. The summed E-state index contributed by atoms with van der Waals surface area (Å²) in [5.41, 5.74) is -1.74. The van der Waals surface area contributed by atoms with Crippen LogP contribution in [-0.2, 0) is 19.6 Å². The number of aromatic carboxylic acids is 1. The Balaban J connectivity index is 1.96. The molecule has 1 aromatic heterocycles. The van der Waals surface area contributed by atoms with E-state index in [4.69, 9.17) is 16.7 Å². The third kappa shape index (κ3) is 5.33. The van der Waals surface area contributed by atoms with Gasteiger partial charge >= 0.3 is 12.1 Å². The lowest BCUT2D eigenvalue weighted by Gasteiger charge is -2.17. The van der Waals surface area contributed by atoms with E-state index in [0.29, 0.717) is 15.3 Å². The van der Waals surface area contributed by atoms with Crippen LogP contribution < -0.4 is 5.32 Å². The summed E-state index contributed by atoms with van der Waals surface area (Å²) in [6, 6.07) is 8.66. The lowest BCUT2D eigenvalue weighted by Crippen LogP contribution is -2.30. The number of carboxylic acid groups (broad SMARTS) is 1. The quantitative estimate of drug-likeness (QED) is 0.483. The molecule has 11 heteroatoms. The van der Waals surface area contributed by atoms with E-state index in [1.807, 2.05) is 0 Å². The van der Waals surface area contributed by atoms with Gasteiger partial charge in [-0.3, -0.25) is 9.48 Å². The van der Waals surface area contributed by atoms with Crippen molar-refractivity contribution in [1.29, 1.82) is 0 Å². The number of nitrogens with one attached hydrogen (secondary N) is 1. The Morgan fingerprint density at radius 3 is 2.36 bits per heavy atom. The molecule has 33 heavy (non-hydrogen) atoms. The molecule has 0 saturated heterocycles. The summed E-state index contributed by atoms with van der Waals surface area (Å²) < 4.78 is 55.9. The Kier molecular flexibility index (Phi) is 6.78. The van der Waals surface area contributed by atoms with E-state index >= 15 is 0 Å². The van der Waals surface area contributed by atoms with E-state index in [2.05, 4.69) is 10.4 Å². The van der Waals surface area contributed by atoms with Crippen LogP contribution in [0.5, 0.6) is 0 Å². The van der Waals surface area contributed by atoms with Crippen LogP contribution in [0.2, 0.25) is 5.02 Å². The Bertz CT molecular complexity index is 1210. The van der Waals surface area contributed by atoms with Gasteiger partial charge in [0, 0.05) is 18.5 Å². The zero-order valence-corrected chi connectivity index (χ0v) is 18.1. The van der Waals surface area contributed by atoms with E-state index in [1.54, 1.807) is 24.3 Å². The monoisotopic (exact) mass is 483 g/mol. The van der Waals surface area contributed by atoms with Crippen molar-refractivity contribution in [2.24, 2.45) is 7.05 Å². The number of carbonyl (C=O) groups excluding carboxylic acids is 1. The maximum Gasteiger partial charge on any atom is 0.433 e. The third-order valence-electron chi connectivity index (χ3n) is 4.97. The van der Waals surface area contributed by atoms with Crippen molar-refractivity contribution in [2.75, 3.05) is 0 Å². The first-order chi connectivity index (χ1) is 15.4. The molecule has 1 heterocycles. The SMILES string of the molecule is C[C@H](NC(=O)c1c(Cc2ccc(Cl)cc2)nn(C)c1C(F)(F)F)c1ccc(C(=O)O)c(F)c1. The summed E-state index contributed by atoms with van der Waals surface area (Å²) >= 11 is 5.85. The first-order valence-electron chi connectivity index (χ1n) is 9.59. The number of nitrogens with zero attached hydrogens (tertiary/aromatic N) is 2. The molecule has 6 nitrogen and oxygen atoms in total. The van der Waals surface area contributed by atoms with Gasteiger partial charge in [-0.05, 0) is 42.3 Å². The molecule has 0 fully saturated rings. The molecule has 2 aromatic carbocycles. The summed E-state index contributed by atoms with van der Waals surface area (Å²) in [5, 5.41) is 15.7. The molecule has 0 aliphatic heterocycles. The highest BCUT2D eigenvalue weighted by molar-refractivity contribution is 6.30. The zero-order valence-electron chi connectivity index (χ0n) is 17.4. The minimum atomic E-state index is -4.86. The van der Waals surface area contributed by atoms with Crippen molar-refractivity contribution in [3.05, 3.63) is 86.9 Å². The second-order valence-electron chi connectivity index (χ2n) is 7.33. The van der Waals surface area contributed by atoms with Crippen LogP contribution in [0.3, 0.4) is 0 Å². The molecule has 0 aliphatic carbocycles. The minimum absolute atomic E-state index is 0.0554. The fourth-order valence-electron chi connectivity index (χ4n) is 3.39. The second-order valence-corrected chi connectivity index (χ2v) is 7.77. The van der Waals surface area contributed by atoms with Crippen molar-refractivity contribution in [2.45, 2.75) is 25.6 Å². The molecule has 0 radical (unpaired) electrons. The number of aryl methyl sites for hydroxylation is 1. The Morgan fingerprint density at radius 2 is 1.82 bits per heavy atom. The van der Waals surface area contributed by atoms with E-state index in [1.165, 1.54) is 13.0 Å². The van der Waals surface area contributed by atoms with E-state index in [-0.39, 0.29) is 17.7 Å². The lowest BCUT2D eigenvalue weighted by atomic mass is 10.0. The van der Waals surface area contributed by atoms with Crippen molar-refractivity contribution >= 4 is 23.5 Å². The number of alkyl halides is 3. The second kappa shape index (κ2) is 9.22. The number of benzene rings is 2. The van der Waals surface area contributed by atoms with Crippen LogP contribution in [0.1, 0.15) is 56.2 Å². The van der Waals surface area contributed by atoms with E-state index < -0.39 is 46.7 Å². The van der Waals surface area contributed by atoms with Gasteiger partial charge in [-0.2, -0.15) is 18.3 Å². The topological polar surface area (TPSA) is 84.2 Å². The first-order valence-corrected chi connectivity index (χ1v) is 9.97. The van der Waals surface area contributed by atoms with Crippen LogP contribution in [0.15, 0.2) is 42.5 Å². The number of hydrogen-bond donors (Lipinski definition) is 2. The molecule has 1 atom stereocenters. The van der Waals surface area contributed by atoms with Gasteiger partial charge in [-0.15, -0.1) is 0 Å². The number of amides is 1. The van der Waals surface area contributed by atoms with Gasteiger partial charge in [0.2, 0.25) is 0 Å². The number of carbonyl (C=O) groups is 2. The summed E-state index contributed by atoms with van der Waals surface area (Å²) in [4.78, 5) is 23.9. The number of halogens is 5. The smallest absolute Gasteiger partial charge is 0.433 e. The standard InChI is InChI=1S/C22H18ClF4N3O3/c1-11(13-5-8-15(21(32)33)16(24)10-13)28-20(31)18-17(9-12-3-6-14(23)7-4-12)29-30(2)19(18)22(25,26)27/h3-8,10-11H,9H2,1-2H3,(H,28,31)(H,32,33)/t11-/m0/s1. The van der Waals surface area contributed by atoms with Crippen LogP contribution in [-0.4, -0.2) is 26.8 Å². The number of hydrogen-bond acceptors (Lipinski definition) is 3. The molecule has 0 aliphatic rings. The molecule has 174 valence electrons. The van der Waals surface area contributed by atoms with Gasteiger partial charge < -0.3 is 10.4 Å². The van der Waals surface area contributed by atoms with Crippen molar-refractivity contribution in [3.8, 4) is 0 Å². The van der Waals surface area contributed by atoms with Crippen molar-refractivity contribution in [3.63, 3.8) is 0 Å². The molecule has 1 amide bonds. The van der Waals surface area contributed by atoms with Gasteiger partial charge in [-0.25, -0.2) is 9.18 Å². The predicted molar refractivity (Wildman–Crippen MR) is 112 cm³/mol. The number of carboxylic acids is 1. The normalized spacial score (nSPS) is 12.5. The average molecular weight is 484 g/mol. The van der Waals surface area contributed by atoms with Crippen LogP contribution in [0, 0.1) is 5.82 Å². The molecule has 2 N–H and O–H groups in total. The highest BCUT2D eigenvalue weighted by Crippen LogP contribution is 2.34. The molecule has 0 bridgehead atoms. The average Bonchev–Trinajstić information content (AvgIpc) is 3.05. The summed E-state index contributed by atoms with van der Waals surface area (Å²) in [6.07, 6.45) is -4.91. The number of aromatic nitrogens is 2. The van der Waals surface area contributed by atoms with Gasteiger partial charge in [0.05, 0.1) is 22.9 Å². The van der Waals surface area contributed by atoms with Gasteiger partial charge in [0.1, 0.15) is 5.82 Å². The molecular weight excluding hydrogens is 466 g/mol. The highest BCUT2D eigenvalue weighted by Gasteiger charge is 2.41. The molecule has 0 saturated carbocycles. The van der Waals surface area contributed by atoms with Crippen molar-refractivity contribution in [1.82, 2.24) is 15.1 Å². The van der Waals surface area contributed by atoms with Crippen LogP contribution >= 0.6 is 11.6 Å². The van der Waals surface area contributed by atoms with Gasteiger partial charge in [0.15, 0.2) is 5.69 Å². The number of rotatable bonds is 6. The van der Waals surface area contributed by atoms with Crippen LogP contribution in [0.25, 0.3) is 0 Å². The predicted octanol–water partition coefficient (Wildman–Crippen LogP) is 5.01. The summed E-state index contributed by atoms with van der Waals surface area (Å²) in [6.45, 7) is 1.44. The Morgan fingerprint density at radius 1 is 1.18 bits per heavy atom. The summed E-state index contributed by atoms with van der Waals surface area (Å²) in [5.74, 6) is -3.54. The van der Waals surface area contributed by atoms with Crippen molar-refractivity contribution < 1.29 is 32.3 Å². The maximum absolute atomic E-state index is 14.0. The zero-order chi connectivity index (χ0) is 24.5. The van der Waals surface area contributed by atoms with Crippen LogP contribution in [0.4, 0.5) is 17.6 Å². The summed E-state index contributed by atoms with van der Waals surface area (Å²) in [7, 11) is 1.09. The fraction of sp³-hybridized carbons (Fsp3) is 0.227. The largest absolute Gasteiger partial charge is 0.478 e. The third-order valence-corrected chi connectivity index (χ3v) is 5.22. The molecule has 3 rings (SSSR count). The maximum atomic E-state index is 14.0. The van der Waals surface area contributed by atoms with E-state index in [9.17, 15) is 27.2 Å². The van der Waals surface area contributed by atoms with Gasteiger partial charge in [0.25, 0.3) is 5.91 Å². The van der Waals surface area contributed by atoms with Gasteiger partial charge in [-0.1, -0.05) is 29.8 Å². The van der Waals surface area contributed by atoms with E-state index in [0.717, 1.165) is 19.2 Å². The molecule has 0 spiro atoms. The minimum Gasteiger partial charge on any atom is -0.478 e. The highest BCUT2D eigenvalue weighted by atomic mass is 35.5. The Hall–Kier alpha value is -3.40. The lowest BCUT2D eigenvalue weighted by molar-refractivity contribution is -0.144. The first kappa shape index (κ1) is 24.2.